The van der Waals surface area contributed by atoms with E-state index in [9.17, 15) is 0 Å². The van der Waals surface area contributed by atoms with Gasteiger partial charge in [0.25, 0.3) is 5.89 Å². The molecule has 110 valence electrons. The Morgan fingerprint density at radius 1 is 1.09 bits per heavy atom. The van der Waals surface area contributed by atoms with Crippen LogP contribution in [0, 0.1) is 11.3 Å². The molecule has 2 heterocycles. The highest BCUT2D eigenvalue weighted by Gasteiger charge is 2.12. The van der Waals surface area contributed by atoms with E-state index in [1.807, 2.05) is 29.8 Å². The highest BCUT2D eigenvalue weighted by molar-refractivity contribution is 5.80. The summed E-state index contributed by atoms with van der Waals surface area (Å²) in [5.41, 5.74) is 4.15. The van der Waals surface area contributed by atoms with Gasteiger partial charge >= 0.3 is 0 Å². The highest BCUT2D eigenvalue weighted by Crippen LogP contribution is 2.24. The minimum Gasteiger partial charge on any atom is -0.334 e. The molecule has 0 N–H and O–H groups in total. The summed E-state index contributed by atoms with van der Waals surface area (Å²) in [6.45, 7) is 0. The van der Waals surface area contributed by atoms with E-state index in [1.54, 1.807) is 30.6 Å². The van der Waals surface area contributed by atoms with Crippen LogP contribution < -0.4 is 0 Å². The lowest BCUT2D eigenvalue weighted by atomic mass is 10.1. The number of fused-ring (bicyclic) bond motifs is 1. The minimum atomic E-state index is 0.422. The van der Waals surface area contributed by atoms with E-state index >= 15 is 0 Å². The summed E-state index contributed by atoms with van der Waals surface area (Å²) >= 11 is 0. The first-order chi connectivity index (χ1) is 11.2. The standard InChI is InChI=1S/C17H11N5O/c1-22-10-19-14-8-13(6-7-15(14)22)16-20-17(23-21-16)12-4-2-11(9-18)3-5-12/h2-8,10H,1H3. The van der Waals surface area contributed by atoms with Crippen molar-refractivity contribution in [1.29, 1.82) is 5.26 Å². The molecule has 2 aromatic heterocycles. The van der Waals surface area contributed by atoms with Gasteiger partial charge < -0.3 is 9.09 Å². The molecule has 0 aliphatic carbocycles. The predicted octanol–water partition coefficient (Wildman–Crippen LogP) is 3.16. The minimum absolute atomic E-state index is 0.422. The third-order valence-corrected chi connectivity index (χ3v) is 3.67. The molecule has 2 aromatic carbocycles. The van der Waals surface area contributed by atoms with Crippen molar-refractivity contribution in [1.82, 2.24) is 19.7 Å². The third kappa shape index (κ3) is 2.24. The molecule has 0 amide bonds. The first-order valence-corrected chi connectivity index (χ1v) is 7.00. The van der Waals surface area contributed by atoms with E-state index in [1.165, 1.54) is 0 Å². The van der Waals surface area contributed by atoms with Crippen LogP contribution in [0.1, 0.15) is 5.56 Å². The van der Waals surface area contributed by atoms with Crippen LogP contribution in [0.3, 0.4) is 0 Å². The molecule has 0 radical (unpaired) electrons. The second-order valence-electron chi connectivity index (χ2n) is 5.17. The number of aromatic nitrogens is 4. The van der Waals surface area contributed by atoms with Gasteiger partial charge in [-0.05, 0) is 42.5 Å². The van der Waals surface area contributed by atoms with Crippen LogP contribution in [0.25, 0.3) is 33.9 Å². The predicted molar refractivity (Wildman–Crippen MR) is 84.2 cm³/mol. The first kappa shape index (κ1) is 13.2. The van der Waals surface area contributed by atoms with Crippen molar-refractivity contribution in [2.24, 2.45) is 7.05 Å². The lowest BCUT2D eigenvalue weighted by molar-refractivity contribution is 0.432. The van der Waals surface area contributed by atoms with Crippen LogP contribution in [0.2, 0.25) is 0 Å². The largest absolute Gasteiger partial charge is 0.334 e. The molecular formula is C17H11N5O. The molecule has 6 heteroatoms. The third-order valence-electron chi connectivity index (χ3n) is 3.67. The van der Waals surface area contributed by atoms with Crippen LogP contribution in [0.15, 0.2) is 53.3 Å². The summed E-state index contributed by atoms with van der Waals surface area (Å²) in [6.07, 6.45) is 1.77. The SMILES string of the molecule is Cn1cnc2cc(-c3noc(-c4ccc(C#N)cc4)n3)ccc21. The Hall–Kier alpha value is -3.46. The van der Waals surface area contributed by atoms with Crippen LogP contribution in [0.5, 0.6) is 0 Å². The number of hydrogen-bond donors (Lipinski definition) is 0. The van der Waals surface area contributed by atoms with Gasteiger partial charge in [-0.15, -0.1) is 0 Å². The van der Waals surface area contributed by atoms with E-state index in [4.69, 9.17) is 9.78 Å². The number of nitrogens with zero attached hydrogens (tertiary/aromatic N) is 5. The first-order valence-electron chi connectivity index (χ1n) is 7.00. The average Bonchev–Trinajstić information content (AvgIpc) is 3.22. The molecule has 0 saturated heterocycles. The van der Waals surface area contributed by atoms with Crippen LogP contribution >= 0.6 is 0 Å². The van der Waals surface area contributed by atoms with Crippen molar-refractivity contribution >= 4 is 11.0 Å². The van der Waals surface area contributed by atoms with Crippen LogP contribution in [-0.4, -0.2) is 19.7 Å². The molecule has 0 atom stereocenters. The van der Waals surface area contributed by atoms with Gasteiger partial charge in [0, 0.05) is 18.2 Å². The molecule has 0 saturated carbocycles. The Morgan fingerprint density at radius 2 is 1.87 bits per heavy atom. The zero-order valence-corrected chi connectivity index (χ0v) is 12.3. The second-order valence-corrected chi connectivity index (χ2v) is 5.17. The van der Waals surface area contributed by atoms with E-state index in [0.717, 1.165) is 22.2 Å². The zero-order valence-electron chi connectivity index (χ0n) is 12.3. The normalized spacial score (nSPS) is 10.8. The fourth-order valence-electron chi connectivity index (χ4n) is 2.42. The second kappa shape index (κ2) is 5.07. The molecule has 0 aliphatic rings. The number of imidazole rings is 1. The Labute approximate surface area is 131 Å². The van der Waals surface area contributed by atoms with E-state index < -0.39 is 0 Å². The van der Waals surface area contributed by atoms with Crippen molar-refractivity contribution < 1.29 is 4.52 Å². The lowest BCUT2D eigenvalue weighted by Crippen LogP contribution is -1.85. The fraction of sp³-hybridized carbons (Fsp3) is 0.0588. The number of nitriles is 1. The number of aryl methyl sites for hydroxylation is 1. The Bertz CT molecular complexity index is 1040. The summed E-state index contributed by atoms with van der Waals surface area (Å²) in [4.78, 5) is 8.76. The summed E-state index contributed by atoms with van der Waals surface area (Å²) in [5.74, 6) is 0.933. The smallest absolute Gasteiger partial charge is 0.258 e. The summed E-state index contributed by atoms with van der Waals surface area (Å²) < 4.78 is 7.28. The van der Waals surface area contributed by atoms with Gasteiger partial charge in [-0.3, -0.25) is 0 Å². The lowest BCUT2D eigenvalue weighted by Gasteiger charge is -1.96. The summed E-state index contributed by atoms with van der Waals surface area (Å²) in [5, 5.41) is 12.9. The van der Waals surface area contributed by atoms with Gasteiger partial charge in [-0.1, -0.05) is 5.16 Å². The van der Waals surface area contributed by atoms with E-state index in [0.29, 0.717) is 17.3 Å². The topological polar surface area (TPSA) is 80.5 Å². The van der Waals surface area contributed by atoms with E-state index in [2.05, 4.69) is 21.2 Å². The molecule has 6 nitrogen and oxygen atoms in total. The van der Waals surface area contributed by atoms with Crippen LogP contribution in [0.4, 0.5) is 0 Å². The maximum Gasteiger partial charge on any atom is 0.258 e. The average molecular weight is 301 g/mol. The van der Waals surface area contributed by atoms with E-state index in [-0.39, 0.29) is 0 Å². The Balaban J connectivity index is 1.72. The Morgan fingerprint density at radius 3 is 2.65 bits per heavy atom. The van der Waals surface area contributed by atoms with Gasteiger partial charge in [0.05, 0.1) is 29.0 Å². The van der Waals surface area contributed by atoms with Gasteiger partial charge in [0.2, 0.25) is 5.82 Å². The molecule has 0 spiro atoms. The zero-order chi connectivity index (χ0) is 15.8. The van der Waals surface area contributed by atoms with Gasteiger partial charge in [0.1, 0.15) is 0 Å². The van der Waals surface area contributed by atoms with Crippen molar-refractivity contribution in [3.63, 3.8) is 0 Å². The number of hydrogen-bond acceptors (Lipinski definition) is 5. The molecule has 0 bridgehead atoms. The van der Waals surface area contributed by atoms with Crippen molar-refractivity contribution in [2.45, 2.75) is 0 Å². The fourth-order valence-corrected chi connectivity index (χ4v) is 2.42. The van der Waals surface area contributed by atoms with Crippen LogP contribution in [-0.2, 0) is 7.05 Å². The monoisotopic (exact) mass is 301 g/mol. The summed E-state index contributed by atoms with van der Waals surface area (Å²) in [7, 11) is 1.95. The van der Waals surface area contributed by atoms with Gasteiger partial charge in [-0.2, -0.15) is 10.2 Å². The van der Waals surface area contributed by atoms with Crippen molar-refractivity contribution in [3.05, 3.63) is 54.4 Å². The molecule has 0 aliphatic heterocycles. The maximum absolute atomic E-state index is 8.83. The Kier molecular flexibility index (Phi) is 2.91. The quantitative estimate of drug-likeness (QED) is 0.568. The maximum atomic E-state index is 8.83. The highest BCUT2D eigenvalue weighted by atomic mass is 16.5. The summed E-state index contributed by atoms with van der Waals surface area (Å²) in [6, 6.07) is 15.0. The molecular weight excluding hydrogens is 290 g/mol. The molecule has 0 unspecified atom stereocenters. The van der Waals surface area contributed by atoms with Gasteiger partial charge in [0.15, 0.2) is 0 Å². The van der Waals surface area contributed by atoms with Gasteiger partial charge in [-0.25, -0.2) is 4.98 Å². The molecule has 23 heavy (non-hydrogen) atoms. The molecule has 0 fully saturated rings. The molecule has 4 aromatic rings. The van der Waals surface area contributed by atoms with Crippen molar-refractivity contribution in [3.8, 4) is 28.9 Å². The number of rotatable bonds is 2. The number of benzene rings is 2. The molecule has 4 rings (SSSR count). The van der Waals surface area contributed by atoms with Crippen molar-refractivity contribution in [2.75, 3.05) is 0 Å².